The van der Waals surface area contributed by atoms with E-state index in [2.05, 4.69) is 17.4 Å². The highest BCUT2D eigenvalue weighted by atomic mass is 35.5. The molecule has 0 spiro atoms. The third-order valence-corrected chi connectivity index (χ3v) is 5.85. The van der Waals surface area contributed by atoms with Crippen molar-refractivity contribution in [3.05, 3.63) is 58.6 Å². The fraction of sp³-hybridized carbons (Fsp3) is 0.409. The molecule has 2 aromatic carbocycles. The Bertz CT molecular complexity index is 842. The third-order valence-electron chi connectivity index (χ3n) is 5.48. The summed E-state index contributed by atoms with van der Waals surface area (Å²) in [7, 11) is 0. The average molecular weight is 402 g/mol. The van der Waals surface area contributed by atoms with Crippen molar-refractivity contribution in [3.63, 3.8) is 0 Å². The van der Waals surface area contributed by atoms with Crippen LogP contribution in [0.4, 0.5) is 0 Å². The zero-order valence-corrected chi connectivity index (χ0v) is 16.6. The number of rotatable bonds is 5. The van der Waals surface area contributed by atoms with Crippen LogP contribution in [0.1, 0.15) is 36.4 Å². The van der Waals surface area contributed by atoms with E-state index in [4.69, 9.17) is 21.1 Å². The van der Waals surface area contributed by atoms with E-state index in [0.717, 1.165) is 42.9 Å². The molecule has 2 atom stereocenters. The highest BCUT2D eigenvalue weighted by Crippen LogP contribution is 2.33. The fourth-order valence-electron chi connectivity index (χ4n) is 4.03. The second kappa shape index (κ2) is 8.84. The van der Waals surface area contributed by atoms with E-state index in [1.807, 2.05) is 30.3 Å². The molecule has 6 heteroatoms. The molecule has 1 amide bonds. The van der Waals surface area contributed by atoms with Crippen molar-refractivity contribution in [2.45, 2.75) is 31.8 Å². The van der Waals surface area contributed by atoms with Crippen molar-refractivity contribution in [1.29, 1.82) is 0 Å². The summed E-state index contributed by atoms with van der Waals surface area (Å²) in [5.74, 6) is 1.69. The van der Waals surface area contributed by atoms with Crippen LogP contribution in [-0.2, 0) is 11.3 Å². The van der Waals surface area contributed by atoms with Gasteiger partial charge in [0.05, 0.1) is 19.8 Å². The van der Waals surface area contributed by atoms with Crippen molar-refractivity contribution < 1.29 is 19.2 Å². The maximum Gasteiger partial charge on any atom is 0.275 e. The van der Waals surface area contributed by atoms with Gasteiger partial charge < -0.3 is 19.7 Å². The van der Waals surface area contributed by atoms with Gasteiger partial charge in [-0.1, -0.05) is 29.8 Å². The molecule has 0 bridgehead atoms. The molecule has 2 aromatic rings. The lowest BCUT2D eigenvalue weighted by Crippen LogP contribution is -3.11. The number of likely N-dealkylation sites (tertiary alicyclic amines) is 1. The molecular weight excluding hydrogens is 376 g/mol. The van der Waals surface area contributed by atoms with Gasteiger partial charge in [-0.2, -0.15) is 0 Å². The molecule has 2 aliphatic heterocycles. The fourth-order valence-corrected chi connectivity index (χ4v) is 4.23. The van der Waals surface area contributed by atoms with E-state index < -0.39 is 0 Å². The minimum Gasteiger partial charge on any atom is -0.490 e. The predicted octanol–water partition coefficient (Wildman–Crippen LogP) is 2.54. The van der Waals surface area contributed by atoms with Crippen molar-refractivity contribution in [3.8, 4) is 11.5 Å². The van der Waals surface area contributed by atoms with E-state index in [1.165, 1.54) is 10.5 Å². The first kappa shape index (κ1) is 19.1. The Balaban J connectivity index is 1.39. The number of benzene rings is 2. The first-order valence-corrected chi connectivity index (χ1v) is 10.3. The van der Waals surface area contributed by atoms with Gasteiger partial charge in [0.15, 0.2) is 18.0 Å². The van der Waals surface area contributed by atoms with Crippen molar-refractivity contribution in [2.24, 2.45) is 0 Å². The molecule has 28 heavy (non-hydrogen) atoms. The normalized spacial score (nSPS) is 21.2. The van der Waals surface area contributed by atoms with Gasteiger partial charge in [0, 0.05) is 36.4 Å². The van der Waals surface area contributed by atoms with Gasteiger partial charge in [0.25, 0.3) is 5.91 Å². The van der Waals surface area contributed by atoms with Crippen LogP contribution in [0, 0.1) is 0 Å². The summed E-state index contributed by atoms with van der Waals surface area (Å²) in [6, 6.07) is 14.1. The lowest BCUT2D eigenvalue weighted by Gasteiger charge is -2.22. The largest absolute Gasteiger partial charge is 0.490 e. The molecule has 5 nitrogen and oxygen atoms in total. The molecule has 2 heterocycles. The van der Waals surface area contributed by atoms with E-state index in [1.54, 1.807) is 0 Å². The molecule has 1 saturated heterocycles. The van der Waals surface area contributed by atoms with Crippen molar-refractivity contribution >= 4 is 17.5 Å². The number of nitrogens with one attached hydrogen (secondary N) is 2. The number of carbonyl (C=O) groups is 1. The quantitative estimate of drug-likeness (QED) is 0.809. The number of hydrogen-bond donors (Lipinski definition) is 2. The monoisotopic (exact) mass is 401 g/mol. The van der Waals surface area contributed by atoms with Crippen LogP contribution in [-0.4, -0.2) is 32.2 Å². The van der Waals surface area contributed by atoms with Crippen LogP contribution in [0.3, 0.4) is 0 Å². The number of carbonyl (C=O) groups excluding carboxylic acids is 1. The lowest BCUT2D eigenvalue weighted by atomic mass is 10.0. The first-order valence-electron chi connectivity index (χ1n) is 9.95. The van der Waals surface area contributed by atoms with Crippen molar-refractivity contribution in [2.75, 3.05) is 26.3 Å². The summed E-state index contributed by atoms with van der Waals surface area (Å²) in [5.41, 5.74) is 2.16. The molecular formula is C22H26ClN2O3+. The molecule has 4 rings (SSSR count). The lowest BCUT2D eigenvalue weighted by molar-refractivity contribution is -0.910. The minimum absolute atomic E-state index is 0.0520. The second-order valence-corrected chi connectivity index (χ2v) is 7.81. The highest BCUT2D eigenvalue weighted by Gasteiger charge is 2.32. The molecule has 2 aliphatic rings. The highest BCUT2D eigenvalue weighted by molar-refractivity contribution is 6.31. The number of hydrogen-bond acceptors (Lipinski definition) is 3. The Labute approximate surface area is 170 Å². The SMILES string of the molecule is O=C(C[NH+]1CCC[C@@H]1c1ccc2c(c1)OCCCO2)NCc1ccccc1Cl. The van der Waals surface area contributed by atoms with Crippen LogP contribution in [0.2, 0.25) is 5.02 Å². The van der Waals surface area contributed by atoms with E-state index in [0.29, 0.717) is 37.4 Å². The van der Waals surface area contributed by atoms with Gasteiger partial charge in [0.1, 0.15) is 6.04 Å². The van der Waals surface area contributed by atoms with Crippen LogP contribution < -0.4 is 19.7 Å². The van der Waals surface area contributed by atoms with Crippen LogP contribution >= 0.6 is 11.6 Å². The Morgan fingerprint density at radius 3 is 2.79 bits per heavy atom. The molecule has 2 N–H and O–H groups in total. The summed E-state index contributed by atoms with van der Waals surface area (Å²) in [6.45, 7) is 3.30. The Morgan fingerprint density at radius 2 is 1.93 bits per heavy atom. The van der Waals surface area contributed by atoms with E-state index in [9.17, 15) is 4.79 Å². The molecule has 0 saturated carbocycles. The minimum atomic E-state index is 0.0520. The first-order chi connectivity index (χ1) is 13.7. The second-order valence-electron chi connectivity index (χ2n) is 7.40. The average Bonchev–Trinajstić information content (AvgIpc) is 3.02. The summed E-state index contributed by atoms with van der Waals surface area (Å²) in [5, 5.41) is 3.69. The molecule has 148 valence electrons. The van der Waals surface area contributed by atoms with Crippen LogP contribution in [0.5, 0.6) is 11.5 Å². The van der Waals surface area contributed by atoms with Gasteiger partial charge >= 0.3 is 0 Å². The standard InChI is InChI=1S/C22H25ClN2O3/c23-18-6-2-1-5-17(18)14-24-22(26)15-25-10-3-7-19(25)16-8-9-20-21(13-16)28-12-4-11-27-20/h1-2,5-6,8-9,13,19H,3-4,7,10-12,14-15H2,(H,24,26)/p+1/t19-/m1/s1. The molecule has 0 aromatic heterocycles. The topological polar surface area (TPSA) is 52.0 Å². The number of quaternary nitrogens is 1. The van der Waals surface area contributed by atoms with Crippen LogP contribution in [0.15, 0.2) is 42.5 Å². The molecule has 0 aliphatic carbocycles. The summed E-state index contributed by atoms with van der Waals surface area (Å²) >= 11 is 6.17. The molecule has 0 radical (unpaired) electrons. The zero-order chi connectivity index (χ0) is 19.3. The summed E-state index contributed by atoms with van der Waals surface area (Å²) in [6.07, 6.45) is 3.09. The van der Waals surface area contributed by atoms with E-state index in [-0.39, 0.29) is 5.91 Å². The maximum absolute atomic E-state index is 12.5. The van der Waals surface area contributed by atoms with Gasteiger partial charge in [-0.25, -0.2) is 0 Å². The van der Waals surface area contributed by atoms with Crippen molar-refractivity contribution in [1.82, 2.24) is 5.32 Å². The molecule has 1 fully saturated rings. The maximum atomic E-state index is 12.5. The zero-order valence-electron chi connectivity index (χ0n) is 15.9. The van der Waals surface area contributed by atoms with Gasteiger partial charge in [0.2, 0.25) is 0 Å². The van der Waals surface area contributed by atoms with E-state index >= 15 is 0 Å². The van der Waals surface area contributed by atoms with Crippen LogP contribution in [0.25, 0.3) is 0 Å². The summed E-state index contributed by atoms with van der Waals surface area (Å²) < 4.78 is 11.6. The number of halogens is 1. The van der Waals surface area contributed by atoms with Gasteiger partial charge in [-0.15, -0.1) is 0 Å². The number of amides is 1. The Kier molecular flexibility index (Phi) is 6.03. The molecule has 1 unspecified atom stereocenters. The number of ether oxygens (including phenoxy) is 2. The van der Waals surface area contributed by atoms with Gasteiger partial charge in [-0.3, -0.25) is 4.79 Å². The smallest absolute Gasteiger partial charge is 0.275 e. The Morgan fingerprint density at radius 1 is 1.11 bits per heavy atom. The predicted molar refractivity (Wildman–Crippen MR) is 108 cm³/mol. The summed E-state index contributed by atoms with van der Waals surface area (Å²) in [4.78, 5) is 13.8. The van der Waals surface area contributed by atoms with Gasteiger partial charge in [-0.05, 0) is 29.8 Å². The third kappa shape index (κ3) is 4.42. The number of fused-ring (bicyclic) bond motifs is 1. The Hall–Kier alpha value is -2.24.